The lowest BCUT2D eigenvalue weighted by Crippen LogP contribution is -2.12. The minimum Gasteiger partial charge on any atom is -0.319 e. The van der Waals surface area contributed by atoms with Crippen LogP contribution in [0.4, 0.5) is 0 Å². The molecule has 2 rings (SSSR count). The standard InChI is InChI=1S/C11H16N2S/c1-12-4-2-9-6-10-8-14-5-3-11(10)13-7-9/h6-7,12H,2-5,8H2,1H3. The maximum Gasteiger partial charge on any atom is 0.0452 e. The van der Waals surface area contributed by atoms with Crippen molar-refractivity contribution in [2.45, 2.75) is 18.6 Å². The average molecular weight is 208 g/mol. The normalized spacial score (nSPS) is 15.2. The fourth-order valence-corrected chi connectivity index (χ4v) is 2.65. The van der Waals surface area contributed by atoms with Crippen molar-refractivity contribution in [3.8, 4) is 0 Å². The molecule has 76 valence electrons. The molecule has 0 saturated heterocycles. The van der Waals surface area contributed by atoms with E-state index in [-0.39, 0.29) is 0 Å². The Bertz CT molecular complexity index is 312. The van der Waals surface area contributed by atoms with Crippen molar-refractivity contribution in [2.24, 2.45) is 0 Å². The highest BCUT2D eigenvalue weighted by Crippen LogP contribution is 2.23. The van der Waals surface area contributed by atoms with Gasteiger partial charge in [-0.25, -0.2) is 0 Å². The molecule has 0 atom stereocenters. The molecule has 0 spiro atoms. The van der Waals surface area contributed by atoms with E-state index in [0.29, 0.717) is 0 Å². The Kier molecular flexibility index (Phi) is 3.43. The molecule has 1 aromatic rings. The summed E-state index contributed by atoms with van der Waals surface area (Å²) in [5.41, 5.74) is 4.13. The molecule has 2 nitrogen and oxygen atoms in total. The van der Waals surface area contributed by atoms with E-state index in [9.17, 15) is 0 Å². The molecule has 0 radical (unpaired) electrons. The van der Waals surface area contributed by atoms with Crippen LogP contribution in [-0.4, -0.2) is 24.3 Å². The summed E-state index contributed by atoms with van der Waals surface area (Å²) < 4.78 is 0. The minimum atomic E-state index is 1.04. The quantitative estimate of drug-likeness (QED) is 0.817. The number of hydrogen-bond acceptors (Lipinski definition) is 3. The predicted molar refractivity (Wildman–Crippen MR) is 61.7 cm³/mol. The molecule has 1 N–H and O–H groups in total. The Hall–Kier alpha value is -0.540. The van der Waals surface area contributed by atoms with Gasteiger partial charge in [0.2, 0.25) is 0 Å². The van der Waals surface area contributed by atoms with E-state index in [1.807, 2.05) is 25.0 Å². The van der Waals surface area contributed by atoms with E-state index >= 15 is 0 Å². The molecule has 1 aliphatic heterocycles. The molecule has 0 amide bonds. The third-order valence-corrected chi connectivity index (χ3v) is 3.53. The van der Waals surface area contributed by atoms with Crippen LogP contribution in [0.15, 0.2) is 12.3 Å². The molecule has 0 fully saturated rings. The number of thioether (sulfide) groups is 1. The Labute approximate surface area is 89.5 Å². The monoisotopic (exact) mass is 208 g/mol. The van der Waals surface area contributed by atoms with Crippen LogP contribution in [0.1, 0.15) is 16.8 Å². The van der Waals surface area contributed by atoms with Crippen molar-refractivity contribution in [2.75, 3.05) is 19.3 Å². The number of hydrogen-bond donors (Lipinski definition) is 1. The van der Waals surface area contributed by atoms with Crippen LogP contribution in [0, 0.1) is 0 Å². The lowest BCUT2D eigenvalue weighted by atomic mass is 10.1. The van der Waals surface area contributed by atoms with Crippen molar-refractivity contribution in [3.05, 3.63) is 29.1 Å². The molecule has 3 heteroatoms. The summed E-state index contributed by atoms with van der Waals surface area (Å²) in [5.74, 6) is 2.38. The number of likely N-dealkylation sites (N-methyl/N-ethyl adjacent to an activating group) is 1. The zero-order valence-corrected chi connectivity index (χ0v) is 9.36. The van der Waals surface area contributed by atoms with Gasteiger partial charge in [-0.1, -0.05) is 6.07 Å². The zero-order chi connectivity index (χ0) is 9.80. The van der Waals surface area contributed by atoms with E-state index in [2.05, 4.69) is 16.4 Å². The summed E-state index contributed by atoms with van der Waals surface area (Å²) in [7, 11) is 1.99. The number of nitrogens with zero attached hydrogens (tertiary/aromatic N) is 1. The Morgan fingerprint density at radius 1 is 1.57 bits per heavy atom. The predicted octanol–water partition coefficient (Wildman–Crippen LogP) is 1.63. The second-order valence-corrected chi connectivity index (χ2v) is 4.71. The fraction of sp³-hybridized carbons (Fsp3) is 0.545. The largest absolute Gasteiger partial charge is 0.319 e. The highest BCUT2D eigenvalue weighted by atomic mass is 32.2. The second kappa shape index (κ2) is 4.80. The topological polar surface area (TPSA) is 24.9 Å². The smallest absolute Gasteiger partial charge is 0.0452 e. The average Bonchev–Trinajstić information content (AvgIpc) is 2.26. The van der Waals surface area contributed by atoms with Gasteiger partial charge in [-0.05, 0) is 43.3 Å². The van der Waals surface area contributed by atoms with E-state index in [0.717, 1.165) is 25.1 Å². The number of fused-ring (bicyclic) bond motifs is 1. The van der Waals surface area contributed by atoms with Crippen molar-refractivity contribution in [3.63, 3.8) is 0 Å². The molecule has 2 heterocycles. The molecule has 0 aliphatic carbocycles. The third kappa shape index (κ3) is 2.28. The van der Waals surface area contributed by atoms with Gasteiger partial charge in [0.15, 0.2) is 0 Å². The number of nitrogens with one attached hydrogen (secondary N) is 1. The lowest BCUT2D eigenvalue weighted by Gasteiger charge is -2.15. The van der Waals surface area contributed by atoms with Crippen LogP contribution < -0.4 is 5.32 Å². The van der Waals surface area contributed by atoms with Crippen molar-refractivity contribution >= 4 is 11.8 Å². The molecule has 1 aromatic heterocycles. The van der Waals surface area contributed by atoms with Crippen molar-refractivity contribution < 1.29 is 0 Å². The highest BCUT2D eigenvalue weighted by Gasteiger charge is 2.10. The summed E-state index contributed by atoms with van der Waals surface area (Å²) >= 11 is 2.01. The van der Waals surface area contributed by atoms with Gasteiger partial charge < -0.3 is 5.32 Å². The molecule has 14 heavy (non-hydrogen) atoms. The minimum absolute atomic E-state index is 1.04. The Morgan fingerprint density at radius 3 is 3.36 bits per heavy atom. The number of pyridine rings is 1. The van der Waals surface area contributed by atoms with Crippen LogP contribution in [0.25, 0.3) is 0 Å². The van der Waals surface area contributed by atoms with Gasteiger partial charge in [0, 0.05) is 17.6 Å². The van der Waals surface area contributed by atoms with Gasteiger partial charge in [0.25, 0.3) is 0 Å². The van der Waals surface area contributed by atoms with Gasteiger partial charge in [0.1, 0.15) is 0 Å². The summed E-state index contributed by atoms with van der Waals surface area (Å²) in [4.78, 5) is 4.53. The van der Waals surface area contributed by atoms with Crippen molar-refractivity contribution in [1.29, 1.82) is 0 Å². The third-order valence-electron chi connectivity index (χ3n) is 2.52. The summed E-state index contributed by atoms with van der Waals surface area (Å²) in [6.45, 7) is 1.04. The molecular weight excluding hydrogens is 192 g/mol. The van der Waals surface area contributed by atoms with Gasteiger partial charge >= 0.3 is 0 Å². The highest BCUT2D eigenvalue weighted by molar-refractivity contribution is 7.98. The van der Waals surface area contributed by atoms with E-state index < -0.39 is 0 Å². The molecule has 1 aliphatic rings. The lowest BCUT2D eigenvalue weighted by molar-refractivity contribution is 0.786. The first-order valence-electron chi connectivity index (χ1n) is 5.09. The number of aryl methyl sites for hydroxylation is 1. The van der Waals surface area contributed by atoms with Gasteiger partial charge in [-0.15, -0.1) is 0 Å². The second-order valence-electron chi connectivity index (χ2n) is 3.61. The first-order chi connectivity index (χ1) is 6.90. The van der Waals surface area contributed by atoms with Crippen LogP contribution >= 0.6 is 11.8 Å². The molecular formula is C11H16N2S. The van der Waals surface area contributed by atoms with Gasteiger partial charge in [0.05, 0.1) is 0 Å². The SMILES string of the molecule is CNCCc1cnc2c(c1)CSCC2. The van der Waals surface area contributed by atoms with E-state index in [4.69, 9.17) is 0 Å². The molecule has 0 bridgehead atoms. The zero-order valence-electron chi connectivity index (χ0n) is 8.55. The molecule has 0 aromatic carbocycles. The van der Waals surface area contributed by atoms with Crippen LogP contribution in [0.3, 0.4) is 0 Å². The van der Waals surface area contributed by atoms with Crippen molar-refractivity contribution in [1.82, 2.24) is 10.3 Å². The van der Waals surface area contributed by atoms with E-state index in [1.165, 1.54) is 22.6 Å². The van der Waals surface area contributed by atoms with E-state index in [1.54, 1.807) is 0 Å². The van der Waals surface area contributed by atoms with Gasteiger partial charge in [-0.3, -0.25) is 4.98 Å². The maximum atomic E-state index is 4.53. The van der Waals surface area contributed by atoms with Crippen LogP contribution in [0.2, 0.25) is 0 Å². The maximum absolute atomic E-state index is 4.53. The number of rotatable bonds is 3. The summed E-state index contributed by atoms with van der Waals surface area (Å²) in [6, 6.07) is 2.33. The number of aromatic nitrogens is 1. The Balaban J connectivity index is 2.12. The molecule has 0 unspecified atom stereocenters. The first kappa shape index (κ1) is 9.99. The van der Waals surface area contributed by atoms with Crippen LogP contribution in [0.5, 0.6) is 0 Å². The summed E-state index contributed by atoms with van der Waals surface area (Å²) in [6.07, 6.45) is 4.26. The molecule has 0 saturated carbocycles. The van der Waals surface area contributed by atoms with Crippen LogP contribution in [-0.2, 0) is 18.6 Å². The fourth-order valence-electron chi connectivity index (χ4n) is 1.70. The van der Waals surface area contributed by atoms with Gasteiger partial charge in [-0.2, -0.15) is 11.8 Å². The Morgan fingerprint density at radius 2 is 2.50 bits per heavy atom. The summed E-state index contributed by atoms with van der Waals surface area (Å²) in [5, 5.41) is 3.16. The first-order valence-corrected chi connectivity index (χ1v) is 6.24.